The molecule has 0 saturated heterocycles. The van der Waals surface area contributed by atoms with Crippen LogP contribution in [0.15, 0.2) is 6.20 Å². The number of rotatable bonds is 6. The van der Waals surface area contributed by atoms with Gasteiger partial charge in [0.1, 0.15) is 5.82 Å². The minimum atomic E-state index is 0.102. The fourth-order valence-electron chi connectivity index (χ4n) is 1.90. The smallest absolute Gasteiger partial charge is 0.239 e. The van der Waals surface area contributed by atoms with E-state index in [0.29, 0.717) is 5.95 Å². The first kappa shape index (κ1) is 13.7. The van der Waals surface area contributed by atoms with Crippen LogP contribution in [0.5, 0.6) is 0 Å². The molecule has 0 aliphatic heterocycles. The van der Waals surface area contributed by atoms with Gasteiger partial charge < -0.3 is 5.32 Å². The molecule has 0 saturated carbocycles. The summed E-state index contributed by atoms with van der Waals surface area (Å²) in [4.78, 5) is 8.44. The number of anilines is 2. The maximum Gasteiger partial charge on any atom is 0.239 e. The van der Waals surface area contributed by atoms with Crippen LogP contribution < -0.4 is 16.6 Å². The maximum atomic E-state index is 5.33. The second-order valence-corrected chi connectivity index (χ2v) is 4.34. The predicted molar refractivity (Wildman–Crippen MR) is 71.8 cm³/mol. The summed E-state index contributed by atoms with van der Waals surface area (Å²) in [6.07, 6.45) is 4.97. The summed E-state index contributed by atoms with van der Waals surface area (Å²) in [5.41, 5.74) is 3.61. The van der Waals surface area contributed by atoms with Crippen molar-refractivity contribution in [2.45, 2.75) is 52.5 Å². The molecule has 0 unspecified atom stereocenters. The van der Waals surface area contributed by atoms with E-state index in [2.05, 4.69) is 41.5 Å². The van der Waals surface area contributed by atoms with Crippen LogP contribution >= 0.6 is 0 Å². The third-order valence-electron chi connectivity index (χ3n) is 3.51. The molecular formula is C12H23N5. The van der Waals surface area contributed by atoms with Crippen LogP contribution in [-0.2, 0) is 0 Å². The van der Waals surface area contributed by atoms with E-state index >= 15 is 0 Å². The molecule has 1 heterocycles. The van der Waals surface area contributed by atoms with Gasteiger partial charge in [-0.25, -0.2) is 10.8 Å². The van der Waals surface area contributed by atoms with E-state index in [-0.39, 0.29) is 5.54 Å². The minimum Gasteiger partial charge on any atom is -0.364 e. The van der Waals surface area contributed by atoms with E-state index in [4.69, 9.17) is 5.84 Å². The van der Waals surface area contributed by atoms with Gasteiger partial charge in [0.2, 0.25) is 5.95 Å². The standard InChI is InChI=1S/C12H23N5/c1-5-12(6-2,7-3)16-10-9(4)8-14-11(15-10)17-13/h8H,5-7,13H2,1-4H3,(H2,14,15,16,17). The molecule has 1 aromatic heterocycles. The number of nitrogens with zero attached hydrogens (tertiary/aromatic N) is 2. The van der Waals surface area contributed by atoms with Crippen LogP contribution in [0.4, 0.5) is 11.8 Å². The van der Waals surface area contributed by atoms with Crippen molar-refractivity contribution in [3.63, 3.8) is 0 Å². The Morgan fingerprint density at radius 2 is 1.82 bits per heavy atom. The van der Waals surface area contributed by atoms with Gasteiger partial charge in [0.15, 0.2) is 0 Å². The van der Waals surface area contributed by atoms with E-state index < -0.39 is 0 Å². The molecule has 4 N–H and O–H groups in total. The molecular weight excluding hydrogens is 214 g/mol. The molecule has 0 spiro atoms. The molecule has 96 valence electrons. The first-order chi connectivity index (χ1) is 8.10. The number of hydrazine groups is 1. The third kappa shape index (κ3) is 3.06. The van der Waals surface area contributed by atoms with E-state index in [1.165, 1.54) is 0 Å². The van der Waals surface area contributed by atoms with E-state index in [1.807, 2.05) is 6.92 Å². The molecule has 0 fully saturated rings. The highest BCUT2D eigenvalue weighted by Crippen LogP contribution is 2.26. The number of nitrogens with two attached hydrogens (primary N) is 1. The van der Waals surface area contributed by atoms with Gasteiger partial charge in [-0.1, -0.05) is 20.8 Å². The summed E-state index contributed by atoms with van der Waals surface area (Å²) in [6, 6.07) is 0. The van der Waals surface area contributed by atoms with Gasteiger partial charge in [-0.05, 0) is 26.2 Å². The lowest BCUT2D eigenvalue weighted by Crippen LogP contribution is -2.36. The Bertz CT molecular complexity index is 352. The van der Waals surface area contributed by atoms with Crippen LogP contribution in [-0.4, -0.2) is 15.5 Å². The molecule has 0 aliphatic carbocycles. The Kier molecular flexibility index (Phi) is 4.69. The normalized spacial score (nSPS) is 11.4. The van der Waals surface area contributed by atoms with Crippen LogP contribution in [0.1, 0.15) is 45.6 Å². The molecule has 0 aliphatic rings. The van der Waals surface area contributed by atoms with Crippen molar-refractivity contribution in [3.05, 3.63) is 11.8 Å². The summed E-state index contributed by atoms with van der Waals surface area (Å²) in [5, 5.41) is 3.54. The van der Waals surface area contributed by atoms with Crippen molar-refractivity contribution >= 4 is 11.8 Å². The fraction of sp³-hybridized carbons (Fsp3) is 0.667. The van der Waals surface area contributed by atoms with E-state index in [0.717, 1.165) is 30.6 Å². The number of hydrogen-bond donors (Lipinski definition) is 3. The second kappa shape index (κ2) is 5.82. The lowest BCUT2D eigenvalue weighted by atomic mass is 9.89. The largest absolute Gasteiger partial charge is 0.364 e. The molecule has 0 atom stereocenters. The summed E-state index contributed by atoms with van der Waals surface area (Å²) in [7, 11) is 0. The molecule has 0 aromatic carbocycles. The van der Waals surface area contributed by atoms with E-state index in [1.54, 1.807) is 6.20 Å². The van der Waals surface area contributed by atoms with Gasteiger partial charge in [0, 0.05) is 17.3 Å². The highest BCUT2D eigenvalue weighted by Gasteiger charge is 2.24. The molecule has 0 radical (unpaired) electrons. The van der Waals surface area contributed by atoms with Gasteiger partial charge in [-0.15, -0.1) is 0 Å². The van der Waals surface area contributed by atoms with Crippen molar-refractivity contribution in [2.75, 3.05) is 10.7 Å². The Morgan fingerprint density at radius 1 is 1.24 bits per heavy atom. The summed E-state index contributed by atoms with van der Waals surface area (Å²) >= 11 is 0. The van der Waals surface area contributed by atoms with Gasteiger partial charge in [-0.2, -0.15) is 4.98 Å². The second-order valence-electron chi connectivity index (χ2n) is 4.34. The first-order valence-corrected chi connectivity index (χ1v) is 6.19. The molecule has 0 bridgehead atoms. The van der Waals surface area contributed by atoms with Crippen LogP contribution in [0, 0.1) is 6.92 Å². The van der Waals surface area contributed by atoms with Crippen molar-refractivity contribution < 1.29 is 0 Å². The van der Waals surface area contributed by atoms with Crippen molar-refractivity contribution in [3.8, 4) is 0 Å². The zero-order valence-electron chi connectivity index (χ0n) is 11.2. The van der Waals surface area contributed by atoms with Gasteiger partial charge in [-0.3, -0.25) is 5.43 Å². The van der Waals surface area contributed by atoms with Gasteiger partial charge in [0.25, 0.3) is 0 Å². The quantitative estimate of drug-likeness (QED) is 0.523. The first-order valence-electron chi connectivity index (χ1n) is 6.19. The highest BCUT2D eigenvalue weighted by molar-refractivity contribution is 5.48. The maximum absolute atomic E-state index is 5.33. The Labute approximate surface area is 103 Å². The molecule has 1 aromatic rings. The molecule has 0 amide bonds. The highest BCUT2D eigenvalue weighted by atomic mass is 15.3. The monoisotopic (exact) mass is 237 g/mol. The van der Waals surface area contributed by atoms with Crippen LogP contribution in [0.25, 0.3) is 0 Å². The number of aromatic nitrogens is 2. The molecule has 17 heavy (non-hydrogen) atoms. The number of nitrogens with one attached hydrogen (secondary N) is 2. The van der Waals surface area contributed by atoms with Crippen molar-refractivity contribution in [1.82, 2.24) is 9.97 Å². The topological polar surface area (TPSA) is 75.9 Å². The number of aryl methyl sites for hydroxylation is 1. The van der Waals surface area contributed by atoms with Gasteiger partial charge in [0.05, 0.1) is 0 Å². The average Bonchev–Trinajstić information content (AvgIpc) is 2.38. The Balaban J connectivity index is 2.99. The fourth-order valence-corrected chi connectivity index (χ4v) is 1.90. The third-order valence-corrected chi connectivity index (χ3v) is 3.51. The van der Waals surface area contributed by atoms with Crippen LogP contribution in [0.2, 0.25) is 0 Å². The summed E-state index contributed by atoms with van der Waals surface area (Å²) in [6.45, 7) is 8.57. The Morgan fingerprint density at radius 3 is 2.29 bits per heavy atom. The van der Waals surface area contributed by atoms with Crippen molar-refractivity contribution in [2.24, 2.45) is 5.84 Å². The Hall–Kier alpha value is -1.36. The predicted octanol–water partition coefficient (Wildman–Crippen LogP) is 2.45. The zero-order chi connectivity index (χ0) is 12.9. The van der Waals surface area contributed by atoms with E-state index in [9.17, 15) is 0 Å². The number of nitrogen functional groups attached to an aromatic ring is 1. The summed E-state index contributed by atoms with van der Waals surface area (Å²) in [5.74, 6) is 6.63. The SMILES string of the molecule is CCC(CC)(CC)Nc1nc(NN)ncc1C. The molecule has 1 rings (SSSR count). The lowest BCUT2D eigenvalue weighted by Gasteiger charge is -2.33. The number of hydrogen-bond acceptors (Lipinski definition) is 5. The zero-order valence-corrected chi connectivity index (χ0v) is 11.2. The molecule has 5 nitrogen and oxygen atoms in total. The van der Waals surface area contributed by atoms with Crippen LogP contribution in [0.3, 0.4) is 0 Å². The van der Waals surface area contributed by atoms with Crippen molar-refractivity contribution in [1.29, 1.82) is 0 Å². The minimum absolute atomic E-state index is 0.102. The van der Waals surface area contributed by atoms with Gasteiger partial charge >= 0.3 is 0 Å². The summed E-state index contributed by atoms with van der Waals surface area (Å²) < 4.78 is 0. The average molecular weight is 237 g/mol. The molecule has 5 heteroatoms. The lowest BCUT2D eigenvalue weighted by molar-refractivity contribution is 0.418.